The summed E-state index contributed by atoms with van der Waals surface area (Å²) in [6, 6.07) is 4.66. The molecule has 0 aliphatic rings. The van der Waals surface area contributed by atoms with Crippen LogP contribution in [0.1, 0.15) is 25.0 Å². The lowest BCUT2D eigenvalue weighted by Crippen LogP contribution is -2.10. The predicted molar refractivity (Wildman–Crippen MR) is 56.7 cm³/mol. The highest BCUT2D eigenvalue weighted by Gasteiger charge is 2.17. The first-order chi connectivity index (χ1) is 6.56. The number of carbonyl (C=O) groups excluding carboxylic acids is 1. The van der Waals surface area contributed by atoms with Crippen molar-refractivity contribution in [3.05, 3.63) is 33.8 Å². The highest BCUT2D eigenvalue weighted by Crippen LogP contribution is 2.27. The zero-order valence-corrected chi connectivity index (χ0v) is 9.14. The topological polar surface area (TPSA) is 37.3 Å². The van der Waals surface area contributed by atoms with Crippen molar-refractivity contribution in [1.29, 1.82) is 0 Å². The summed E-state index contributed by atoms with van der Waals surface area (Å²) in [6.07, 6.45) is -0.870. The summed E-state index contributed by atoms with van der Waals surface area (Å²) in [4.78, 5) is 11.2. The monoisotopic (exact) mass is 232 g/mol. The molecule has 1 atom stereocenters. The van der Waals surface area contributed by atoms with Crippen LogP contribution in [0.2, 0.25) is 10.0 Å². The van der Waals surface area contributed by atoms with Gasteiger partial charge in [-0.1, -0.05) is 36.2 Å². The normalized spacial score (nSPS) is 12.6. The van der Waals surface area contributed by atoms with Crippen LogP contribution >= 0.6 is 23.2 Å². The summed E-state index contributed by atoms with van der Waals surface area (Å²) in [5.74, 6) is -0.255. The van der Waals surface area contributed by atoms with Crippen LogP contribution in [0.25, 0.3) is 0 Å². The number of carbonyl (C=O) groups is 1. The zero-order valence-electron chi connectivity index (χ0n) is 7.63. The molecular weight excluding hydrogens is 223 g/mol. The smallest absolute Gasteiger partial charge is 0.165 e. The first-order valence-electron chi connectivity index (χ1n) is 4.22. The molecule has 0 bridgehead atoms. The molecule has 0 saturated heterocycles. The highest BCUT2D eigenvalue weighted by molar-refractivity contribution is 6.35. The van der Waals surface area contributed by atoms with Gasteiger partial charge in [0.1, 0.15) is 6.10 Å². The van der Waals surface area contributed by atoms with Gasteiger partial charge in [0.25, 0.3) is 0 Å². The SMILES string of the molecule is CCC(=O)C(O)c1ccc(Cl)cc1Cl. The largest absolute Gasteiger partial charge is 0.380 e. The Bertz CT molecular complexity index is 350. The third-order valence-corrected chi connectivity index (χ3v) is 2.47. The molecule has 0 amide bonds. The minimum Gasteiger partial charge on any atom is -0.380 e. The summed E-state index contributed by atoms with van der Waals surface area (Å²) in [5, 5.41) is 10.4. The maximum atomic E-state index is 11.2. The molecule has 14 heavy (non-hydrogen) atoms. The molecular formula is C10H10Cl2O2. The Hall–Kier alpha value is -0.570. The molecule has 0 aromatic heterocycles. The minimum absolute atomic E-state index is 0.255. The Morgan fingerprint density at radius 2 is 2.14 bits per heavy atom. The first kappa shape index (κ1) is 11.5. The van der Waals surface area contributed by atoms with E-state index in [1.54, 1.807) is 19.1 Å². The molecule has 2 nitrogen and oxygen atoms in total. The van der Waals surface area contributed by atoms with Crippen molar-refractivity contribution >= 4 is 29.0 Å². The van der Waals surface area contributed by atoms with Crippen LogP contribution in [0, 0.1) is 0 Å². The molecule has 0 fully saturated rings. The van der Waals surface area contributed by atoms with E-state index in [2.05, 4.69) is 0 Å². The van der Waals surface area contributed by atoms with Gasteiger partial charge < -0.3 is 5.11 Å². The van der Waals surface area contributed by atoms with Gasteiger partial charge in [-0.25, -0.2) is 0 Å². The lowest BCUT2D eigenvalue weighted by atomic mass is 10.0. The zero-order chi connectivity index (χ0) is 10.7. The molecule has 4 heteroatoms. The van der Waals surface area contributed by atoms with E-state index in [0.717, 1.165) is 0 Å². The van der Waals surface area contributed by atoms with Crippen molar-refractivity contribution in [2.75, 3.05) is 0 Å². The first-order valence-corrected chi connectivity index (χ1v) is 4.97. The third-order valence-electron chi connectivity index (χ3n) is 1.91. The van der Waals surface area contributed by atoms with Crippen LogP contribution in [0.5, 0.6) is 0 Å². The van der Waals surface area contributed by atoms with Crippen molar-refractivity contribution in [2.45, 2.75) is 19.4 Å². The fraction of sp³-hybridized carbons (Fsp3) is 0.300. The molecule has 0 spiro atoms. The molecule has 0 aliphatic heterocycles. The molecule has 1 aromatic carbocycles. The van der Waals surface area contributed by atoms with Gasteiger partial charge >= 0.3 is 0 Å². The van der Waals surface area contributed by atoms with Crippen molar-refractivity contribution in [3.63, 3.8) is 0 Å². The highest BCUT2D eigenvalue weighted by atomic mass is 35.5. The maximum absolute atomic E-state index is 11.2. The van der Waals surface area contributed by atoms with Crippen LogP contribution in [-0.4, -0.2) is 10.9 Å². The van der Waals surface area contributed by atoms with Gasteiger partial charge in [0.05, 0.1) is 0 Å². The van der Waals surface area contributed by atoms with Gasteiger partial charge in [-0.3, -0.25) is 4.79 Å². The molecule has 1 rings (SSSR count). The molecule has 0 heterocycles. The van der Waals surface area contributed by atoms with E-state index in [9.17, 15) is 9.90 Å². The van der Waals surface area contributed by atoms with Crippen LogP contribution in [0.4, 0.5) is 0 Å². The van der Waals surface area contributed by atoms with E-state index in [1.165, 1.54) is 6.07 Å². The summed E-state index contributed by atoms with van der Waals surface area (Å²) in [5.41, 5.74) is 0.405. The Balaban J connectivity index is 3.01. The number of ketones is 1. The molecule has 0 aliphatic carbocycles. The number of Topliss-reactive ketones (excluding diaryl/α,β-unsaturated/α-hetero) is 1. The second-order valence-electron chi connectivity index (χ2n) is 2.89. The van der Waals surface area contributed by atoms with Gasteiger partial charge in [0.15, 0.2) is 5.78 Å². The van der Waals surface area contributed by atoms with Crippen LogP contribution in [0.3, 0.4) is 0 Å². The van der Waals surface area contributed by atoms with Gasteiger partial charge in [-0.05, 0) is 12.1 Å². The summed E-state index contributed by atoms with van der Waals surface area (Å²) in [7, 11) is 0. The van der Waals surface area contributed by atoms with E-state index in [-0.39, 0.29) is 12.2 Å². The summed E-state index contributed by atoms with van der Waals surface area (Å²) >= 11 is 11.5. The van der Waals surface area contributed by atoms with Crippen molar-refractivity contribution in [3.8, 4) is 0 Å². The Morgan fingerprint density at radius 3 is 2.64 bits per heavy atom. The summed E-state index contributed by atoms with van der Waals surface area (Å²) < 4.78 is 0. The van der Waals surface area contributed by atoms with Gasteiger partial charge in [-0.15, -0.1) is 0 Å². The quantitative estimate of drug-likeness (QED) is 0.871. The molecule has 1 N–H and O–H groups in total. The lowest BCUT2D eigenvalue weighted by molar-refractivity contribution is -0.127. The molecule has 0 radical (unpaired) electrons. The number of halogens is 2. The fourth-order valence-corrected chi connectivity index (χ4v) is 1.60. The average Bonchev–Trinajstić information content (AvgIpc) is 2.15. The van der Waals surface area contributed by atoms with Gasteiger partial charge in [0, 0.05) is 22.0 Å². The van der Waals surface area contributed by atoms with Crippen LogP contribution < -0.4 is 0 Å². The van der Waals surface area contributed by atoms with Crippen molar-refractivity contribution in [2.24, 2.45) is 0 Å². The third kappa shape index (κ3) is 2.47. The van der Waals surface area contributed by atoms with Gasteiger partial charge in [-0.2, -0.15) is 0 Å². The number of hydrogen-bond acceptors (Lipinski definition) is 2. The average molecular weight is 233 g/mol. The molecule has 0 saturated carbocycles. The van der Waals surface area contributed by atoms with E-state index >= 15 is 0 Å². The number of aliphatic hydroxyl groups is 1. The second kappa shape index (κ2) is 4.78. The molecule has 1 unspecified atom stereocenters. The van der Waals surface area contributed by atoms with E-state index < -0.39 is 6.10 Å². The predicted octanol–water partition coefficient (Wildman–Crippen LogP) is 3.01. The lowest BCUT2D eigenvalue weighted by Gasteiger charge is -2.10. The number of hydrogen-bond donors (Lipinski definition) is 1. The van der Waals surface area contributed by atoms with Crippen molar-refractivity contribution < 1.29 is 9.90 Å². The van der Waals surface area contributed by atoms with E-state index in [4.69, 9.17) is 23.2 Å². The maximum Gasteiger partial charge on any atom is 0.165 e. The van der Waals surface area contributed by atoms with E-state index in [0.29, 0.717) is 15.6 Å². The standard InChI is InChI=1S/C10H10Cl2O2/c1-2-9(13)10(14)7-4-3-6(11)5-8(7)12/h3-5,10,14H,2H2,1H3. The summed E-state index contributed by atoms with van der Waals surface area (Å²) in [6.45, 7) is 1.69. The van der Waals surface area contributed by atoms with Gasteiger partial charge in [0.2, 0.25) is 0 Å². The number of benzene rings is 1. The minimum atomic E-state index is -1.15. The Labute approximate surface area is 92.5 Å². The second-order valence-corrected chi connectivity index (χ2v) is 3.73. The van der Waals surface area contributed by atoms with Crippen LogP contribution in [0.15, 0.2) is 18.2 Å². The number of rotatable bonds is 3. The Kier molecular flexibility index (Phi) is 3.93. The molecule has 76 valence electrons. The molecule has 1 aromatic rings. The Morgan fingerprint density at radius 1 is 1.50 bits per heavy atom. The van der Waals surface area contributed by atoms with E-state index in [1.807, 2.05) is 0 Å². The van der Waals surface area contributed by atoms with Crippen LogP contribution in [-0.2, 0) is 4.79 Å². The fourth-order valence-electron chi connectivity index (χ4n) is 1.09. The van der Waals surface area contributed by atoms with Crippen molar-refractivity contribution in [1.82, 2.24) is 0 Å². The number of aliphatic hydroxyl groups excluding tert-OH is 1.